The lowest BCUT2D eigenvalue weighted by Gasteiger charge is -2.24. The molecule has 0 aliphatic heterocycles. The summed E-state index contributed by atoms with van der Waals surface area (Å²) in [6.07, 6.45) is -4.63. The highest BCUT2D eigenvalue weighted by molar-refractivity contribution is 7.71. The number of aromatic nitrogens is 3. The number of alkyl halides is 3. The number of hydrogen-bond donors (Lipinski definition) is 2. The quantitative estimate of drug-likeness (QED) is 0.600. The van der Waals surface area contributed by atoms with Crippen LogP contribution in [0.25, 0.3) is 10.7 Å². The molecule has 2 heterocycles. The number of rotatable bonds is 5. The van der Waals surface area contributed by atoms with Gasteiger partial charge in [0.05, 0.1) is 4.88 Å². The van der Waals surface area contributed by atoms with E-state index in [0.717, 1.165) is 4.88 Å². The molecule has 27 heavy (non-hydrogen) atoms. The molecule has 3 aromatic rings. The van der Waals surface area contributed by atoms with Gasteiger partial charge in [-0.25, -0.2) is 0 Å². The third-order valence-electron chi connectivity index (χ3n) is 3.96. The Kier molecular flexibility index (Phi) is 5.47. The van der Waals surface area contributed by atoms with E-state index in [1.165, 1.54) is 47.1 Å². The lowest BCUT2D eigenvalue weighted by Crippen LogP contribution is -2.41. The molecule has 2 aromatic heterocycles. The van der Waals surface area contributed by atoms with Crippen molar-refractivity contribution in [3.63, 3.8) is 0 Å². The lowest BCUT2D eigenvalue weighted by atomic mass is 10.1. The van der Waals surface area contributed by atoms with Crippen molar-refractivity contribution in [1.82, 2.24) is 20.1 Å². The van der Waals surface area contributed by atoms with Gasteiger partial charge in [0.2, 0.25) is 5.91 Å². The van der Waals surface area contributed by atoms with Crippen molar-refractivity contribution in [3.8, 4) is 10.7 Å². The molecule has 0 saturated heterocycles. The van der Waals surface area contributed by atoms with E-state index in [9.17, 15) is 18.0 Å². The average Bonchev–Trinajstić information content (AvgIpc) is 3.28. The van der Waals surface area contributed by atoms with Gasteiger partial charge in [-0.3, -0.25) is 14.5 Å². The first-order valence-corrected chi connectivity index (χ1v) is 9.20. The summed E-state index contributed by atoms with van der Waals surface area (Å²) in [6, 6.07) is 7.74. The fourth-order valence-corrected chi connectivity index (χ4v) is 3.62. The smallest absolute Gasteiger partial charge is 0.339 e. The summed E-state index contributed by atoms with van der Waals surface area (Å²) in [5, 5.41) is 10.6. The number of aromatic amines is 1. The lowest BCUT2D eigenvalue weighted by molar-refractivity contribution is -0.164. The number of H-pyrrole nitrogens is 1. The van der Waals surface area contributed by atoms with E-state index in [2.05, 4.69) is 15.5 Å². The van der Waals surface area contributed by atoms with E-state index in [0.29, 0.717) is 5.82 Å². The first-order chi connectivity index (χ1) is 12.8. The van der Waals surface area contributed by atoms with E-state index in [-0.39, 0.29) is 10.3 Å². The largest absolute Gasteiger partial charge is 0.412 e. The Morgan fingerprint density at radius 2 is 1.96 bits per heavy atom. The van der Waals surface area contributed by atoms with Gasteiger partial charge in [-0.1, -0.05) is 36.4 Å². The molecule has 10 heteroatoms. The summed E-state index contributed by atoms with van der Waals surface area (Å²) in [5.41, 5.74) is -0.0418. The summed E-state index contributed by atoms with van der Waals surface area (Å²) in [7, 11) is 0. The Labute approximate surface area is 161 Å². The minimum atomic E-state index is -4.63. The minimum absolute atomic E-state index is 0.0418. The first kappa shape index (κ1) is 19.3. The van der Waals surface area contributed by atoms with Crippen molar-refractivity contribution in [1.29, 1.82) is 0 Å². The zero-order valence-electron chi connectivity index (χ0n) is 14.0. The highest BCUT2D eigenvalue weighted by Gasteiger charge is 2.42. The van der Waals surface area contributed by atoms with Crippen LogP contribution in [-0.2, 0) is 4.79 Å². The van der Waals surface area contributed by atoms with E-state index in [4.69, 9.17) is 12.2 Å². The van der Waals surface area contributed by atoms with E-state index < -0.39 is 24.2 Å². The number of nitrogens with zero attached hydrogens (tertiary/aromatic N) is 2. The van der Waals surface area contributed by atoms with Crippen molar-refractivity contribution < 1.29 is 18.0 Å². The van der Waals surface area contributed by atoms with Gasteiger partial charge in [0.15, 0.2) is 16.6 Å². The Morgan fingerprint density at radius 3 is 2.56 bits per heavy atom. The topological polar surface area (TPSA) is 62.7 Å². The Balaban J connectivity index is 1.90. The Morgan fingerprint density at radius 1 is 1.26 bits per heavy atom. The van der Waals surface area contributed by atoms with Crippen molar-refractivity contribution in [2.45, 2.75) is 25.2 Å². The molecular formula is C17H15F3N4OS2. The molecular weight excluding hydrogens is 397 g/mol. The highest BCUT2D eigenvalue weighted by atomic mass is 32.1. The molecule has 1 amide bonds. The molecule has 0 spiro atoms. The van der Waals surface area contributed by atoms with E-state index >= 15 is 0 Å². The van der Waals surface area contributed by atoms with Gasteiger partial charge in [0, 0.05) is 0 Å². The van der Waals surface area contributed by atoms with Gasteiger partial charge in [-0.15, -0.1) is 11.3 Å². The molecule has 2 N–H and O–H groups in total. The fraction of sp³-hybridized carbons (Fsp3) is 0.235. The normalized spacial score (nSPS) is 13.9. The average molecular weight is 412 g/mol. The maximum atomic E-state index is 13.5. The van der Waals surface area contributed by atoms with Gasteiger partial charge in [0.1, 0.15) is 6.04 Å². The summed E-state index contributed by atoms with van der Waals surface area (Å²) in [6.45, 7) is 1.48. The van der Waals surface area contributed by atoms with Crippen LogP contribution in [0.1, 0.15) is 24.6 Å². The fourth-order valence-electron chi connectivity index (χ4n) is 2.62. The molecule has 0 bridgehead atoms. The Bertz CT molecular complexity index is 964. The summed E-state index contributed by atoms with van der Waals surface area (Å²) >= 11 is 6.56. The monoisotopic (exact) mass is 412 g/mol. The third-order valence-corrected chi connectivity index (χ3v) is 5.11. The standard InChI is InChI=1S/C17H15F3N4OS2/c1-10(24-14(22-23-16(24)26)12-8-5-9-27-12)15(25)21-13(17(18,19)20)11-6-3-2-4-7-11/h2-10,13H,1H3,(H,21,25)(H,23,26). The molecule has 5 nitrogen and oxygen atoms in total. The zero-order valence-corrected chi connectivity index (χ0v) is 15.7. The summed E-state index contributed by atoms with van der Waals surface area (Å²) in [4.78, 5) is 13.4. The summed E-state index contributed by atoms with van der Waals surface area (Å²) < 4.78 is 42.1. The van der Waals surface area contributed by atoms with Crippen LogP contribution in [0.4, 0.5) is 13.2 Å². The van der Waals surface area contributed by atoms with Crippen LogP contribution in [0.3, 0.4) is 0 Å². The van der Waals surface area contributed by atoms with Crippen molar-refractivity contribution in [2.24, 2.45) is 0 Å². The maximum absolute atomic E-state index is 13.5. The van der Waals surface area contributed by atoms with Crippen LogP contribution in [0.2, 0.25) is 0 Å². The second kappa shape index (κ2) is 7.65. The number of carbonyl (C=O) groups excluding carboxylic acids is 1. The molecule has 3 rings (SSSR count). The number of carbonyl (C=O) groups is 1. The maximum Gasteiger partial charge on any atom is 0.412 e. The predicted octanol–water partition coefficient (Wildman–Crippen LogP) is 4.65. The first-order valence-electron chi connectivity index (χ1n) is 7.92. The van der Waals surface area contributed by atoms with E-state index in [1.807, 2.05) is 11.4 Å². The molecule has 0 aliphatic carbocycles. The van der Waals surface area contributed by atoms with E-state index in [1.54, 1.807) is 12.1 Å². The SMILES string of the molecule is CC(C(=O)NC(c1ccccc1)C(F)(F)F)n1c(-c2cccs2)n[nH]c1=S. The van der Waals surface area contributed by atoms with Crippen molar-refractivity contribution in [3.05, 3.63) is 58.2 Å². The van der Waals surface area contributed by atoms with Crippen LogP contribution >= 0.6 is 23.6 Å². The number of benzene rings is 1. The predicted molar refractivity (Wildman–Crippen MR) is 98.8 cm³/mol. The Hall–Kier alpha value is -2.46. The van der Waals surface area contributed by atoms with Crippen LogP contribution in [0.5, 0.6) is 0 Å². The van der Waals surface area contributed by atoms with Crippen molar-refractivity contribution >= 4 is 29.5 Å². The van der Waals surface area contributed by atoms with Crippen molar-refractivity contribution in [2.75, 3.05) is 0 Å². The summed E-state index contributed by atoms with van der Waals surface area (Å²) in [5.74, 6) is -0.405. The van der Waals surface area contributed by atoms with Crippen LogP contribution in [0, 0.1) is 4.77 Å². The number of halogens is 3. The van der Waals surface area contributed by atoms with Gasteiger partial charge in [-0.05, 0) is 36.2 Å². The van der Waals surface area contributed by atoms with Crippen LogP contribution in [-0.4, -0.2) is 26.8 Å². The van der Waals surface area contributed by atoms with Crippen LogP contribution in [0.15, 0.2) is 47.8 Å². The second-order valence-electron chi connectivity index (χ2n) is 5.77. The third kappa shape index (κ3) is 4.11. The van der Waals surface area contributed by atoms with Gasteiger partial charge < -0.3 is 5.32 Å². The van der Waals surface area contributed by atoms with Crippen LogP contribution < -0.4 is 5.32 Å². The minimum Gasteiger partial charge on any atom is -0.339 e. The zero-order chi connectivity index (χ0) is 19.6. The molecule has 0 saturated carbocycles. The number of nitrogens with one attached hydrogen (secondary N) is 2. The molecule has 0 aliphatic rings. The highest BCUT2D eigenvalue weighted by Crippen LogP contribution is 2.33. The molecule has 2 unspecified atom stereocenters. The second-order valence-corrected chi connectivity index (χ2v) is 7.10. The van der Waals surface area contributed by atoms with Gasteiger partial charge in [0.25, 0.3) is 0 Å². The molecule has 142 valence electrons. The molecule has 0 radical (unpaired) electrons. The number of amides is 1. The van der Waals surface area contributed by atoms with Gasteiger partial charge >= 0.3 is 6.18 Å². The number of hydrogen-bond acceptors (Lipinski definition) is 4. The van der Waals surface area contributed by atoms with Gasteiger partial charge in [-0.2, -0.15) is 18.3 Å². The molecule has 1 aromatic carbocycles. The molecule has 2 atom stereocenters. The molecule has 0 fully saturated rings. The number of thiophene rings is 1.